The molecule has 1 amide bonds. The van der Waals surface area contributed by atoms with Gasteiger partial charge in [-0.15, -0.1) is 0 Å². The molecule has 174 valence electrons. The van der Waals surface area contributed by atoms with Crippen molar-refractivity contribution in [2.45, 2.75) is 25.7 Å². The lowest BCUT2D eigenvalue weighted by molar-refractivity contribution is 0.0708. The van der Waals surface area contributed by atoms with Gasteiger partial charge in [-0.25, -0.2) is 10.5 Å². The average molecular weight is 457 g/mol. The van der Waals surface area contributed by atoms with Gasteiger partial charge in [-0.3, -0.25) is 15.0 Å². The molecule has 4 N–H and O–H groups in total. The number of anilines is 1. The highest BCUT2D eigenvalue weighted by molar-refractivity contribution is 6.06. The van der Waals surface area contributed by atoms with Gasteiger partial charge < -0.3 is 10.4 Å². The molecule has 2 aromatic carbocycles. The number of fused-ring (bicyclic) bond motifs is 1. The summed E-state index contributed by atoms with van der Waals surface area (Å²) in [5.41, 5.74) is 7.85. The number of hydrogen-bond donors (Lipinski definition) is 4. The van der Waals surface area contributed by atoms with Crippen LogP contribution in [-0.2, 0) is 12.8 Å². The highest BCUT2D eigenvalue weighted by Crippen LogP contribution is 2.25. The third-order valence-corrected chi connectivity index (χ3v) is 5.78. The molecule has 7 heteroatoms. The van der Waals surface area contributed by atoms with Crippen molar-refractivity contribution in [2.24, 2.45) is 0 Å². The predicted octanol–water partition coefficient (Wildman–Crippen LogP) is 4.39. The van der Waals surface area contributed by atoms with Crippen LogP contribution in [0.1, 0.15) is 34.3 Å². The van der Waals surface area contributed by atoms with Gasteiger partial charge in [-0.2, -0.15) is 0 Å². The van der Waals surface area contributed by atoms with Crippen LogP contribution in [0, 0.1) is 0 Å². The van der Waals surface area contributed by atoms with E-state index in [-0.39, 0.29) is 6.61 Å². The average Bonchev–Trinajstić information content (AvgIpc) is 2.90. The van der Waals surface area contributed by atoms with Gasteiger partial charge in [0.1, 0.15) is 0 Å². The summed E-state index contributed by atoms with van der Waals surface area (Å²) in [6.07, 6.45) is 7.42. The van der Waals surface area contributed by atoms with Crippen molar-refractivity contribution in [1.82, 2.24) is 15.4 Å². The summed E-state index contributed by atoms with van der Waals surface area (Å²) in [7, 11) is 0. The molecule has 0 aliphatic rings. The molecule has 0 unspecified atom stereocenters. The summed E-state index contributed by atoms with van der Waals surface area (Å²) >= 11 is 0. The molecule has 2 heterocycles. The lowest BCUT2D eigenvalue weighted by Gasteiger charge is -2.09. The Hall–Kier alpha value is -3.81. The molecular weight excluding hydrogens is 428 g/mol. The van der Waals surface area contributed by atoms with E-state index in [1.54, 1.807) is 30.0 Å². The number of nitrogens with one attached hydrogen (secondary N) is 2. The number of unbranched alkanes of at least 4 members (excludes halogenated alkanes) is 1. The number of pyridine rings is 2. The van der Waals surface area contributed by atoms with Gasteiger partial charge in [0.2, 0.25) is 0 Å². The number of benzene rings is 2. The number of carbonyl (C=O) groups is 1. The smallest absolute Gasteiger partial charge is 0.275 e. The Labute approximate surface area is 198 Å². The van der Waals surface area contributed by atoms with E-state index in [4.69, 9.17) is 10.3 Å². The van der Waals surface area contributed by atoms with Crippen LogP contribution in [0.15, 0.2) is 73.1 Å². The van der Waals surface area contributed by atoms with Crippen molar-refractivity contribution >= 4 is 22.5 Å². The molecule has 0 bridgehead atoms. The first kappa shape index (κ1) is 23.4. The number of amides is 1. The van der Waals surface area contributed by atoms with E-state index in [1.807, 2.05) is 12.1 Å². The molecule has 0 aliphatic heterocycles. The first-order chi connectivity index (χ1) is 16.7. The summed E-state index contributed by atoms with van der Waals surface area (Å²) in [6, 6.07) is 20.0. The zero-order valence-electron chi connectivity index (χ0n) is 18.9. The molecule has 2 aromatic heterocycles. The first-order valence-electron chi connectivity index (χ1n) is 11.4. The highest BCUT2D eigenvalue weighted by Gasteiger charge is 2.13. The van der Waals surface area contributed by atoms with Gasteiger partial charge in [0.25, 0.3) is 5.91 Å². The summed E-state index contributed by atoms with van der Waals surface area (Å²) < 4.78 is 0. The Morgan fingerprint density at radius 3 is 2.24 bits per heavy atom. The highest BCUT2D eigenvalue weighted by atomic mass is 16.5. The van der Waals surface area contributed by atoms with Crippen molar-refractivity contribution in [3.05, 3.63) is 89.7 Å². The Morgan fingerprint density at radius 2 is 1.59 bits per heavy atom. The fourth-order valence-electron chi connectivity index (χ4n) is 3.95. The van der Waals surface area contributed by atoms with Gasteiger partial charge in [0.15, 0.2) is 0 Å². The number of hydrogen-bond acceptors (Lipinski definition) is 6. The molecule has 0 fully saturated rings. The fourth-order valence-corrected chi connectivity index (χ4v) is 3.95. The van der Waals surface area contributed by atoms with Crippen LogP contribution in [0.4, 0.5) is 5.69 Å². The SMILES string of the molecule is O=C(NO)c1cc(-c2ccc(CCCCc3ccc(NCCO)cc3)cc2)nc2ccncc12. The molecule has 0 aliphatic carbocycles. The Kier molecular flexibility index (Phi) is 7.80. The summed E-state index contributed by atoms with van der Waals surface area (Å²) in [5, 5.41) is 21.7. The van der Waals surface area contributed by atoms with Gasteiger partial charge in [-0.1, -0.05) is 36.4 Å². The van der Waals surface area contributed by atoms with E-state index in [1.165, 1.54) is 11.1 Å². The van der Waals surface area contributed by atoms with Crippen LogP contribution in [0.2, 0.25) is 0 Å². The second-order valence-corrected chi connectivity index (χ2v) is 8.14. The Bertz CT molecular complexity index is 1240. The predicted molar refractivity (Wildman–Crippen MR) is 133 cm³/mol. The maximum Gasteiger partial charge on any atom is 0.275 e. The maximum atomic E-state index is 12.1. The second-order valence-electron chi connectivity index (χ2n) is 8.14. The van der Waals surface area contributed by atoms with Gasteiger partial charge >= 0.3 is 0 Å². The molecule has 7 nitrogen and oxygen atoms in total. The largest absolute Gasteiger partial charge is 0.395 e. The topological polar surface area (TPSA) is 107 Å². The second kappa shape index (κ2) is 11.4. The third kappa shape index (κ3) is 5.75. The van der Waals surface area contributed by atoms with Gasteiger partial charge in [0, 0.05) is 35.6 Å². The Balaban J connectivity index is 1.36. The third-order valence-electron chi connectivity index (χ3n) is 5.78. The van der Waals surface area contributed by atoms with E-state index in [0.717, 1.165) is 36.9 Å². The van der Waals surface area contributed by atoms with Crippen molar-refractivity contribution < 1.29 is 15.1 Å². The maximum absolute atomic E-state index is 12.1. The molecule has 4 rings (SSSR count). The minimum absolute atomic E-state index is 0.126. The number of aliphatic hydroxyl groups excluding tert-OH is 1. The number of aliphatic hydroxyl groups is 1. The molecular formula is C27H28N4O3. The number of aromatic nitrogens is 2. The van der Waals surface area contributed by atoms with Crippen LogP contribution in [-0.4, -0.2) is 39.3 Å². The zero-order chi connectivity index (χ0) is 23.8. The number of rotatable bonds is 10. The van der Waals surface area contributed by atoms with E-state index in [9.17, 15) is 4.79 Å². The van der Waals surface area contributed by atoms with E-state index in [0.29, 0.717) is 28.7 Å². The Morgan fingerprint density at radius 1 is 0.912 bits per heavy atom. The molecule has 34 heavy (non-hydrogen) atoms. The molecule has 0 saturated heterocycles. The molecule has 4 aromatic rings. The van der Waals surface area contributed by atoms with Crippen LogP contribution in [0.3, 0.4) is 0 Å². The van der Waals surface area contributed by atoms with Crippen LogP contribution >= 0.6 is 0 Å². The van der Waals surface area contributed by atoms with E-state index in [2.05, 4.69) is 51.7 Å². The van der Waals surface area contributed by atoms with Crippen molar-refractivity contribution in [2.75, 3.05) is 18.5 Å². The molecule has 0 atom stereocenters. The van der Waals surface area contributed by atoms with Crippen LogP contribution < -0.4 is 10.8 Å². The number of hydroxylamine groups is 1. The lowest BCUT2D eigenvalue weighted by atomic mass is 10.0. The van der Waals surface area contributed by atoms with Crippen LogP contribution in [0.25, 0.3) is 22.2 Å². The normalized spacial score (nSPS) is 10.9. The summed E-state index contributed by atoms with van der Waals surface area (Å²) in [6.45, 7) is 0.687. The van der Waals surface area contributed by atoms with Crippen molar-refractivity contribution in [3.8, 4) is 11.3 Å². The zero-order valence-corrected chi connectivity index (χ0v) is 18.9. The van der Waals surface area contributed by atoms with E-state index < -0.39 is 5.91 Å². The minimum atomic E-state index is -0.589. The summed E-state index contributed by atoms with van der Waals surface area (Å²) in [4.78, 5) is 20.9. The van der Waals surface area contributed by atoms with Gasteiger partial charge in [0.05, 0.1) is 23.4 Å². The number of carbonyl (C=O) groups excluding carboxylic acids is 1. The first-order valence-corrected chi connectivity index (χ1v) is 11.4. The molecule has 0 spiro atoms. The number of aryl methyl sites for hydroxylation is 2. The number of nitrogens with zero attached hydrogens (tertiary/aromatic N) is 2. The standard InChI is InChI=1S/C27H28N4O3/c32-16-15-29-22-11-7-20(8-12-22)4-2-1-3-19-5-9-21(10-6-19)26-17-23(27(33)31-34)24-18-28-14-13-25(24)30-26/h5-14,17-18,29,32,34H,1-4,15-16H2,(H,31,33). The van der Waals surface area contributed by atoms with Crippen molar-refractivity contribution in [1.29, 1.82) is 0 Å². The van der Waals surface area contributed by atoms with Crippen LogP contribution in [0.5, 0.6) is 0 Å². The van der Waals surface area contributed by atoms with E-state index >= 15 is 0 Å². The minimum Gasteiger partial charge on any atom is -0.395 e. The fraction of sp³-hybridized carbons (Fsp3) is 0.222. The lowest BCUT2D eigenvalue weighted by Crippen LogP contribution is -2.19. The summed E-state index contributed by atoms with van der Waals surface area (Å²) in [5.74, 6) is -0.589. The van der Waals surface area contributed by atoms with Crippen molar-refractivity contribution in [3.63, 3.8) is 0 Å². The van der Waals surface area contributed by atoms with Gasteiger partial charge in [-0.05, 0) is 61.1 Å². The molecule has 0 saturated carbocycles. The monoisotopic (exact) mass is 456 g/mol. The molecule has 0 radical (unpaired) electrons. The quantitative estimate of drug-likeness (QED) is 0.160.